The summed E-state index contributed by atoms with van der Waals surface area (Å²) in [5, 5.41) is 23.3. The highest BCUT2D eigenvalue weighted by atomic mass is 16.5. The Kier molecular flexibility index (Phi) is 55.5. The highest BCUT2D eigenvalue weighted by molar-refractivity contribution is 5.76. The van der Waals surface area contributed by atoms with Gasteiger partial charge in [-0.2, -0.15) is 0 Å². The van der Waals surface area contributed by atoms with E-state index in [0.29, 0.717) is 25.9 Å². The SMILES string of the molecule is CCCCCCCCCCCCCCCCCCC(O)C(CO)NC(=O)CCCCCCCCCCCCCCCC/C=C\C/C=C\CCOC(=O)CCCCCCCCCCCCCCC. The maximum absolute atomic E-state index is 12.5. The molecule has 67 heavy (non-hydrogen) atoms. The van der Waals surface area contributed by atoms with Crippen LogP contribution in [0, 0.1) is 0 Å². The van der Waals surface area contributed by atoms with Crippen LogP contribution in [0.1, 0.15) is 328 Å². The Labute approximate surface area is 418 Å². The zero-order chi connectivity index (χ0) is 48.6. The molecular weight excluding hydrogens is 827 g/mol. The summed E-state index contributed by atoms with van der Waals surface area (Å²) in [7, 11) is 0. The predicted octanol–water partition coefficient (Wildman–Crippen LogP) is 18.6. The Hall–Kier alpha value is -1.66. The van der Waals surface area contributed by atoms with E-state index in [2.05, 4.69) is 43.5 Å². The standard InChI is InChI=1S/C61H117NO5/c1-3-5-7-9-11-13-15-17-18-26-30-33-37-41-45-49-53-59(64)58(57-63)62-60(65)54-50-46-42-38-34-31-27-24-22-20-19-21-23-25-28-32-36-40-44-48-52-56-67-61(66)55-51-47-43-39-35-29-16-14-12-10-8-6-4-2/h32,36,44,48,58-59,63-64H,3-31,33-35,37-43,45-47,49-57H2,1-2H3,(H,62,65)/b36-32-,48-44-. The molecule has 0 spiro atoms. The van der Waals surface area contributed by atoms with Crippen LogP contribution < -0.4 is 5.32 Å². The minimum absolute atomic E-state index is 0.0333. The van der Waals surface area contributed by atoms with Crippen LogP contribution in [-0.2, 0) is 14.3 Å². The van der Waals surface area contributed by atoms with Gasteiger partial charge in [-0.1, -0.05) is 295 Å². The van der Waals surface area contributed by atoms with Crippen molar-refractivity contribution < 1.29 is 24.5 Å². The third kappa shape index (κ3) is 53.5. The molecule has 0 radical (unpaired) electrons. The molecule has 396 valence electrons. The van der Waals surface area contributed by atoms with Gasteiger partial charge < -0.3 is 20.3 Å². The molecule has 6 nitrogen and oxygen atoms in total. The Bertz CT molecular complexity index is 1040. The zero-order valence-electron chi connectivity index (χ0n) is 45.1. The maximum atomic E-state index is 12.5. The number of hydrogen-bond donors (Lipinski definition) is 3. The lowest BCUT2D eigenvalue weighted by molar-refractivity contribution is -0.143. The van der Waals surface area contributed by atoms with Crippen molar-refractivity contribution in [1.82, 2.24) is 5.32 Å². The van der Waals surface area contributed by atoms with Gasteiger partial charge in [0.2, 0.25) is 5.91 Å². The van der Waals surface area contributed by atoms with Gasteiger partial charge in [-0.15, -0.1) is 0 Å². The molecule has 0 saturated carbocycles. The van der Waals surface area contributed by atoms with Gasteiger partial charge in [0.05, 0.1) is 25.4 Å². The molecule has 0 aliphatic carbocycles. The second-order valence-electron chi connectivity index (χ2n) is 20.7. The van der Waals surface area contributed by atoms with E-state index in [4.69, 9.17) is 4.74 Å². The molecule has 0 aliphatic rings. The quantitative estimate of drug-likeness (QED) is 0.0321. The fraction of sp³-hybridized carbons (Fsp3) is 0.902. The second kappa shape index (κ2) is 56.9. The summed E-state index contributed by atoms with van der Waals surface area (Å²) in [6, 6.07) is -0.545. The molecule has 0 rings (SSSR count). The summed E-state index contributed by atoms with van der Waals surface area (Å²) in [4.78, 5) is 24.5. The van der Waals surface area contributed by atoms with Gasteiger partial charge in [0, 0.05) is 12.8 Å². The normalized spacial score (nSPS) is 12.7. The van der Waals surface area contributed by atoms with Crippen LogP contribution in [-0.4, -0.2) is 47.4 Å². The highest BCUT2D eigenvalue weighted by Crippen LogP contribution is 2.18. The summed E-state index contributed by atoms with van der Waals surface area (Å²) >= 11 is 0. The van der Waals surface area contributed by atoms with Gasteiger partial charge in [-0.25, -0.2) is 0 Å². The van der Waals surface area contributed by atoms with Crippen molar-refractivity contribution in [2.75, 3.05) is 13.2 Å². The van der Waals surface area contributed by atoms with Crippen LogP contribution >= 0.6 is 0 Å². The van der Waals surface area contributed by atoms with Gasteiger partial charge in [0.1, 0.15) is 0 Å². The maximum Gasteiger partial charge on any atom is 0.305 e. The molecule has 0 aromatic carbocycles. The molecule has 0 aliphatic heterocycles. The smallest absolute Gasteiger partial charge is 0.305 e. The van der Waals surface area contributed by atoms with E-state index in [9.17, 15) is 19.8 Å². The zero-order valence-corrected chi connectivity index (χ0v) is 45.1. The first-order valence-corrected chi connectivity index (χ1v) is 30.1. The minimum Gasteiger partial charge on any atom is -0.465 e. The van der Waals surface area contributed by atoms with Crippen molar-refractivity contribution in [1.29, 1.82) is 0 Å². The molecule has 0 aromatic rings. The van der Waals surface area contributed by atoms with Crippen molar-refractivity contribution in [2.45, 2.75) is 341 Å². The molecule has 3 N–H and O–H groups in total. The van der Waals surface area contributed by atoms with E-state index in [1.807, 2.05) is 0 Å². The Morgan fingerprint density at radius 2 is 0.746 bits per heavy atom. The summed E-state index contributed by atoms with van der Waals surface area (Å²) in [6.45, 7) is 4.86. The first kappa shape index (κ1) is 65.3. The Morgan fingerprint density at radius 3 is 1.13 bits per heavy atom. The molecular formula is C61H117NO5. The summed E-state index contributed by atoms with van der Waals surface area (Å²) < 4.78 is 5.41. The average Bonchev–Trinajstić information content (AvgIpc) is 3.33. The van der Waals surface area contributed by atoms with Crippen LogP contribution in [0.25, 0.3) is 0 Å². The molecule has 0 bridgehead atoms. The number of carbonyl (C=O) groups is 2. The van der Waals surface area contributed by atoms with E-state index in [1.54, 1.807) is 0 Å². The number of carbonyl (C=O) groups excluding carboxylic acids is 2. The van der Waals surface area contributed by atoms with Crippen LogP contribution in [0.15, 0.2) is 24.3 Å². The molecule has 2 atom stereocenters. The second-order valence-corrected chi connectivity index (χ2v) is 20.7. The van der Waals surface area contributed by atoms with E-state index in [-0.39, 0.29) is 18.5 Å². The molecule has 0 saturated heterocycles. The molecule has 0 fully saturated rings. The number of aliphatic hydroxyl groups excluding tert-OH is 2. The molecule has 2 unspecified atom stereocenters. The number of esters is 1. The van der Waals surface area contributed by atoms with Crippen molar-refractivity contribution in [2.24, 2.45) is 0 Å². The van der Waals surface area contributed by atoms with Gasteiger partial charge in [0.25, 0.3) is 0 Å². The van der Waals surface area contributed by atoms with Gasteiger partial charge in [-0.3, -0.25) is 9.59 Å². The lowest BCUT2D eigenvalue weighted by atomic mass is 10.0. The molecule has 0 aromatic heterocycles. The van der Waals surface area contributed by atoms with Gasteiger partial charge in [0.15, 0.2) is 0 Å². The highest BCUT2D eigenvalue weighted by Gasteiger charge is 2.20. The van der Waals surface area contributed by atoms with Crippen LogP contribution in [0.5, 0.6) is 0 Å². The summed E-state index contributed by atoms with van der Waals surface area (Å²) in [5.41, 5.74) is 0. The third-order valence-electron chi connectivity index (χ3n) is 14.0. The monoisotopic (exact) mass is 944 g/mol. The molecule has 6 heteroatoms. The molecule has 1 amide bonds. The lowest BCUT2D eigenvalue weighted by Gasteiger charge is -2.22. The fourth-order valence-corrected chi connectivity index (χ4v) is 9.42. The minimum atomic E-state index is -0.667. The lowest BCUT2D eigenvalue weighted by Crippen LogP contribution is -2.45. The number of nitrogens with one attached hydrogen (secondary N) is 1. The van der Waals surface area contributed by atoms with Crippen LogP contribution in [0.4, 0.5) is 0 Å². The summed E-state index contributed by atoms with van der Waals surface area (Å²) in [6.07, 6.45) is 69.1. The van der Waals surface area contributed by atoms with E-state index in [1.165, 1.54) is 244 Å². The number of unbranched alkanes of at least 4 members (excludes halogenated alkanes) is 41. The van der Waals surface area contributed by atoms with Crippen molar-refractivity contribution in [3.05, 3.63) is 24.3 Å². The van der Waals surface area contributed by atoms with Crippen molar-refractivity contribution >= 4 is 11.9 Å². The van der Waals surface area contributed by atoms with Gasteiger partial charge >= 0.3 is 5.97 Å². The molecule has 0 heterocycles. The number of aliphatic hydroxyl groups is 2. The number of allylic oxidation sites excluding steroid dienone is 3. The first-order chi connectivity index (χ1) is 33.0. The largest absolute Gasteiger partial charge is 0.465 e. The van der Waals surface area contributed by atoms with Crippen LogP contribution in [0.2, 0.25) is 0 Å². The average molecular weight is 945 g/mol. The van der Waals surface area contributed by atoms with Gasteiger partial charge in [-0.05, 0) is 44.9 Å². The number of hydrogen-bond acceptors (Lipinski definition) is 5. The Morgan fingerprint density at radius 1 is 0.418 bits per heavy atom. The Balaban J connectivity index is 3.45. The predicted molar refractivity (Wildman–Crippen MR) is 292 cm³/mol. The van der Waals surface area contributed by atoms with Crippen LogP contribution in [0.3, 0.4) is 0 Å². The van der Waals surface area contributed by atoms with E-state index >= 15 is 0 Å². The number of ether oxygens (including phenoxy) is 1. The third-order valence-corrected chi connectivity index (χ3v) is 14.0. The number of amides is 1. The van der Waals surface area contributed by atoms with E-state index in [0.717, 1.165) is 51.4 Å². The number of rotatable bonds is 56. The topological polar surface area (TPSA) is 95.9 Å². The van der Waals surface area contributed by atoms with Crippen molar-refractivity contribution in [3.63, 3.8) is 0 Å². The fourth-order valence-electron chi connectivity index (χ4n) is 9.42. The summed E-state index contributed by atoms with van der Waals surface area (Å²) in [5.74, 6) is -0.0709. The van der Waals surface area contributed by atoms with E-state index < -0.39 is 12.1 Å². The first-order valence-electron chi connectivity index (χ1n) is 30.1. The van der Waals surface area contributed by atoms with Crippen molar-refractivity contribution in [3.8, 4) is 0 Å².